The van der Waals surface area contributed by atoms with Crippen molar-refractivity contribution in [2.45, 2.75) is 0 Å². The molecule has 1 aromatic carbocycles. The number of esters is 1. The van der Waals surface area contributed by atoms with Gasteiger partial charge in [0.1, 0.15) is 11.6 Å². The number of ether oxygens (including phenoxy) is 1. The molecule has 1 saturated heterocycles. The molecule has 0 atom stereocenters. The Labute approximate surface area is 110 Å². The zero-order chi connectivity index (χ0) is 14.0. The maximum atomic E-state index is 14.0. The quantitative estimate of drug-likeness (QED) is 0.763. The predicted octanol–water partition coefficient (Wildman–Crippen LogP) is 1.50. The number of carbonyl (C=O) groups excluding carboxylic acids is 1. The molecule has 4 nitrogen and oxygen atoms in total. The molecule has 0 saturated carbocycles. The summed E-state index contributed by atoms with van der Waals surface area (Å²) < 4.78 is 32.2. The smallest absolute Gasteiger partial charge is 0.340 e. The second-order valence-electron chi connectivity index (χ2n) is 4.57. The Morgan fingerprint density at radius 1 is 1.16 bits per heavy atom. The number of likely N-dealkylation sites (N-methyl/N-ethyl adjacent to an activating group) is 1. The van der Waals surface area contributed by atoms with Gasteiger partial charge < -0.3 is 14.5 Å². The van der Waals surface area contributed by atoms with Crippen LogP contribution in [-0.4, -0.2) is 51.2 Å². The van der Waals surface area contributed by atoms with Gasteiger partial charge in [0.05, 0.1) is 18.4 Å². The van der Waals surface area contributed by atoms with Gasteiger partial charge in [-0.05, 0) is 13.1 Å². The summed E-state index contributed by atoms with van der Waals surface area (Å²) in [6.45, 7) is 2.84. The van der Waals surface area contributed by atoms with E-state index < -0.39 is 17.6 Å². The van der Waals surface area contributed by atoms with Crippen LogP contribution in [0.25, 0.3) is 0 Å². The van der Waals surface area contributed by atoms with Crippen molar-refractivity contribution in [3.63, 3.8) is 0 Å². The molecule has 2 rings (SSSR count). The van der Waals surface area contributed by atoms with Crippen LogP contribution in [0.4, 0.5) is 14.5 Å². The van der Waals surface area contributed by atoms with E-state index in [1.54, 1.807) is 4.90 Å². The van der Waals surface area contributed by atoms with Gasteiger partial charge in [0.2, 0.25) is 0 Å². The first-order valence-corrected chi connectivity index (χ1v) is 6.03. The molecule has 1 aliphatic rings. The van der Waals surface area contributed by atoms with Crippen molar-refractivity contribution in [1.82, 2.24) is 4.90 Å². The number of halogens is 2. The molecule has 0 N–H and O–H groups in total. The van der Waals surface area contributed by atoms with E-state index in [0.29, 0.717) is 13.1 Å². The van der Waals surface area contributed by atoms with Crippen LogP contribution in [0.2, 0.25) is 0 Å². The zero-order valence-corrected chi connectivity index (χ0v) is 10.9. The summed E-state index contributed by atoms with van der Waals surface area (Å²) in [4.78, 5) is 15.2. The van der Waals surface area contributed by atoms with Gasteiger partial charge in [-0.15, -0.1) is 0 Å². The van der Waals surface area contributed by atoms with E-state index >= 15 is 0 Å². The molecule has 19 heavy (non-hydrogen) atoms. The summed E-state index contributed by atoms with van der Waals surface area (Å²) in [7, 11) is 3.11. The van der Waals surface area contributed by atoms with Crippen LogP contribution in [0.15, 0.2) is 12.1 Å². The molecule has 6 heteroatoms. The number of benzene rings is 1. The van der Waals surface area contributed by atoms with Crippen molar-refractivity contribution >= 4 is 11.7 Å². The summed E-state index contributed by atoms with van der Waals surface area (Å²) in [6, 6.07) is 1.96. The molecule has 0 spiro atoms. The number of piperazine rings is 1. The largest absolute Gasteiger partial charge is 0.465 e. The first-order valence-electron chi connectivity index (χ1n) is 6.03. The number of hydrogen-bond acceptors (Lipinski definition) is 4. The maximum Gasteiger partial charge on any atom is 0.340 e. The summed E-state index contributed by atoms with van der Waals surface area (Å²) >= 11 is 0. The topological polar surface area (TPSA) is 32.8 Å². The summed E-state index contributed by atoms with van der Waals surface area (Å²) in [6.07, 6.45) is 0. The first kappa shape index (κ1) is 13.7. The van der Waals surface area contributed by atoms with Crippen LogP contribution in [0.5, 0.6) is 0 Å². The molecule has 0 radical (unpaired) electrons. The van der Waals surface area contributed by atoms with Gasteiger partial charge in [-0.25, -0.2) is 13.6 Å². The van der Waals surface area contributed by atoms with Gasteiger partial charge in [0.15, 0.2) is 0 Å². The Morgan fingerprint density at radius 3 is 2.37 bits per heavy atom. The van der Waals surface area contributed by atoms with E-state index in [-0.39, 0.29) is 11.3 Å². The van der Waals surface area contributed by atoms with Crippen LogP contribution in [0.3, 0.4) is 0 Å². The number of rotatable bonds is 2. The highest BCUT2D eigenvalue weighted by molar-refractivity contribution is 5.90. The summed E-state index contributed by atoms with van der Waals surface area (Å²) in [5.41, 5.74) is -0.184. The highest BCUT2D eigenvalue weighted by atomic mass is 19.1. The molecule has 104 valence electrons. The Bertz CT molecular complexity index is 486. The van der Waals surface area contributed by atoms with Crippen molar-refractivity contribution in [3.05, 3.63) is 29.3 Å². The molecule has 1 fully saturated rings. The minimum atomic E-state index is -0.874. The van der Waals surface area contributed by atoms with Crippen LogP contribution in [-0.2, 0) is 4.74 Å². The standard InChI is InChI=1S/C13H16F2N2O2/c1-16-3-5-17(6-4-16)12-8-10(14)9(7-11(12)15)13(18)19-2/h7-8H,3-6H2,1-2H3. The zero-order valence-electron chi connectivity index (χ0n) is 10.9. The van der Waals surface area contributed by atoms with Gasteiger partial charge in [-0.3, -0.25) is 0 Å². The third kappa shape index (κ3) is 2.84. The number of hydrogen-bond donors (Lipinski definition) is 0. The molecule has 1 aromatic rings. The number of carbonyl (C=O) groups is 1. The summed E-state index contributed by atoms with van der Waals surface area (Å²) in [5.74, 6) is -2.24. The number of methoxy groups -OCH3 is 1. The van der Waals surface area contributed by atoms with Gasteiger partial charge >= 0.3 is 5.97 Å². The van der Waals surface area contributed by atoms with Crippen LogP contribution in [0, 0.1) is 11.6 Å². The molecule has 1 aliphatic heterocycles. The Hall–Kier alpha value is -1.69. The predicted molar refractivity (Wildman–Crippen MR) is 67.4 cm³/mol. The fourth-order valence-electron chi connectivity index (χ4n) is 2.09. The Kier molecular flexibility index (Phi) is 3.99. The maximum absolute atomic E-state index is 14.0. The van der Waals surface area contributed by atoms with Gasteiger partial charge in [0.25, 0.3) is 0 Å². The van der Waals surface area contributed by atoms with E-state index in [9.17, 15) is 13.6 Å². The third-order valence-electron chi connectivity index (χ3n) is 3.29. The Balaban J connectivity index is 2.28. The molecular formula is C13H16F2N2O2. The second kappa shape index (κ2) is 5.52. The molecule has 0 bridgehead atoms. The monoisotopic (exact) mass is 270 g/mol. The van der Waals surface area contributed by atoms with Crippen molar-refractivity contribution in [2.24, 2.45) is 0 Å². The highest BCUT2D eigenvalue weighted by Crippen LogP contribution is 2.24. The SMILES string of the molecule is COC(=O)c1cc(F)c(N2CCN(C)CC2)cc1F. The molecule has 1 heterocycles. The van der Waals surface area contributed by atoms with Crippen molar-refractivity contribution in [3.8, 4) is 0 Å². The van der Waals surface area contributed by atoms with Crippen molar-refractivity contribution in [1.29, 1.82) is 0 Å². The Morgan fingerprint density at radius 2 is 1.79 bits per heavy atom. The second-order valence-corrected chi connectivity index (χ2v) is 4.57. The molecular weight excluding hydrogens is 254 g/mol. The molecule has 0 aliphatic carbocycles. The normalized spacial score (nSPS) is 16.5. The average molecular weight is 270 g/mol. The number of nitrogens with zero attached hydrogens (tertiary/aromatic N) is 2. The fourth-order valence-corrected chi connectivity index (χ4v) is 2.09. The molecule has 0 amide bonds. The summed E-state index contributed by atoms with van der Waals surface area (Å²) in [5, 5.41) is 0. The van der Waals surface area contributed by atoms with Gasteiger partial charge in [0, 0.05) is 32.2 Å². The van der Waals surface area contributed by atoms with Crippen LogP contribution in [0.1, 0.15) is 10.4 Å². The fraction of sp³-hybridized carbons (Fsp3) is 0.462. The van der Waals surface area contributed by atoms with E-state index in [1.165, 1.54) is 0 Å². The third-order valence-corrected chi connectivity index (χ3v) is 3.29. The first-order chi connectivity index (χ1) is 9.02. The van der Waals surface area contributed by atoms with Crippen LogP contribution >= 0.6 is 0 Å². The van der Waals surface area contributed by atoms with Crippen molar-refractivity contribution in [2.75, 3.05) is 45.2 Å². The van der Waals surface area contributed by atoms with Crippen LogP contribution < -0.4 is 4.90 Å². The molecule has 0 aromatic heterocycles. The van der Waals surface area contributed by atoms with Crippen molar-refractivity contribution < 1.29 is 18.3 Å². The lowest BCUT2D eigenvalue weighted by molar-refractivity contribution is 0.0595. The minimum Gasteiger partial charge on any atom is -0.465 e. The average Bonchev–Trinajstić information content (AvgIpc) is 2.41. The molecule has 0 unspecified atom stereocenters. The minimum absolute atomic E-state index is 0.193. The lowest BCUT2D eigenvalue weighted by Crippen LogP contribution is -2.44. The van der Waals surface area contributed by atoms with E-state index in [0.717, 1.165) is 32.3 Å². The van der Waals surface area contributed by atoms with Gasteiger partial charge in [-0.1, -0.05) is 0 Å². The van der Waals surface area contributed by atoms with Gasteiger partial charge in [-0.2, -0.15) is 0 Å². The lowest BCUT2D eigenvalue weighted by Gasteiger charge is -2.34. The van der Waals surface area contributed by atoms with E-state index in [1.807, 2.05) is 7.05 Å². The van der Waals surface area contributed by atoms with E-state index in [2.05, 4.69) is 9.64 Å². The lowest BCUT2D eigenvalue weighted by atomic mass is 10.1. The number of anilines is 1. The highest BCUT2D eigenvalue weighted by Gasteiger charge is 2.21. The van der Waals surface area contributed by atoms with E-state index in [4.69, 9.17) is 0 Å².